The Labute approximate surface area is 237 Å². The van der Waals surface area contributed by atoms with E-state index in [0.717, 1.165) is 32.1 Å². The molecule has 0 saturated heterocycles. The molecule has 2 aromatic carbocycles. The van der Waals surface area contributed by atoms with Crippen molar-refractivity contribution in [3.05, 3.63) is 82.3 Å². The average molecular weight is 559 g/mol. The lowest BCUT2D eigenvalue weighted by Crippen LogP contribution is -2.35. The number of thioether (sulfide) groups is 1. The minimum Gasteiger partial charge on any atom is -0.382 e. The summed E-state index contributed by atoms with van der Waals surface area (Å²) in [6.07, 6.45) is 4.10. The van der Waals surface area contributed by atoms with Crippen molar-refractivity contribution in [1.29, 1.82) is 0 Å². The second-order valence-corrected chi connectivity index (χ2v) is 11.3. The fourth-order valence-corrected chi connectivity index (χ4v) is 6.19. The number of nitrogens with zero attached hydrogens (tertiary/aromatic N) is 4. The summed E-state index contributed by atoms with van der Waals surface area (Å²) < 4.78 is 2.99. The Kier molecular flexibility index (Phi) is 8.64. The molecule has 0 radical (unpaired) electrons. The summed E-state index contributed by atoms with van der Waals surface area (Å²) in [6.45, 7) is 2.91. The molecule has 3 N–H and O–H groups in total. The minimum atomic E-state index is -0.230. The molecule has 2 aromatic heterocycles. The van der Waals surface area contributed by atoms with Crippen molar-refractivity contribution >= 4 is 40.3 Å². The largest absolute Gasteiger partial charge is 0.382 e. The van der Waals surface area contributed by atoms with Gasteiger partial charge < -0.3 is 11.1 Å². The summed E-state index contributed by atoms with van der Waals surface area (Å²) in [5.74, 6) is 0.488. The molecule has 5 rings (SSSR count). The second-order valence-electron chi connectivity index (χ2n) is 10.4. The van der Waals surface area contributed by atoms with Crippen LogP contribution < -0.4 is 16.6 Å². The molecule has 0 bridgehead atoms. The van der Waals surface area contributed by atoms with Crippen LogP contribution in [0.3, 0.4) is 0 Å². The Hall–Kier alpha value is -3.92. The van der Waals surface area contributed by atoms with Crippen LogP contribution in [0, 0.1) is 18.8 Å². The van der Waals surface area contributed by atoms with E-state index in [2.05, 4.69) is 22.5 Å². The summed E-state index contributed by atoms with van der Waals surface area (Å²) in [5.41, 5.74) is 8.10. The highest BCUT2D eigenvalue weighted by molar-refractivity contribution is 7.99. The number of carbonyl (C=O) groups excluding carboxylic acids is 2. The van der Waals surface area contributed by atoms with Gasteiger partial charge in [0.05, 0.1) is 16.7 Å². The van der Waals surface area contributed by atoms with Crippen LogP contribution in [0.4, 0.5) is 5.82 Å². The molecule has 1 fully saturated rings. The number of nitrogens with two attached hydrogens (primary N) is 1. The van der Waals surface area contributed by atoms with Gasteiger partial charge in [0.1, 0.15) is 5.82 Å². The van der Waals surface area contributed by atoms with Gasteiger partial charge in [0.15, 0.2) is 5.16 Å². The number of amides is 1. The summed E-state index contributed by atoms with van der Waals surface area (Å²) in [6, 6.07) is 19.1. The Morgan fingerprint density at radius 1 is 1.05 bits per heavy atom. The number of nitrogen functional groups attached to an aromatic ring is 1. The van der Waals surface area contributed by atoms with E-state index < -0.39 is 0 Å². The van der Waals surface area contributed by atoms with Crippen molar-refractivity contribution in [3.63, 3.8) is 0 Å². The van der Waals surface area contributed by atoms with Crippen LogP contribution in [0.15, 0.2) is 70.6 Å². The van der Waals surface area contributed by atoms with E-state index in [-0.39, 0.29) is 40.8 Å². The monoisotopic (exact) mass is 558 g/mol. The molecule has 208 valence electrons. The van der Waals surface area contributed by atoms with Crippen LogP contribution in [0.2, 0.25) is 0 Å². The van der Waals surface area contributed by atoms with Crippen molar-refractivity contribution in [3.8, 4) is 0 Å². The number of para-hydroxylation sites is 1. The zero-order chi connectivity index (χ0) is 28.1. The summed E-state index contributed by atoms with van der Waals surface area (Å²) in [5, 5.41) is 8.23. The molecule has 10 heteroatoms. The number of aromatic nitrogens is 4. The number of carbonyl (C=O) groups is 2. The van der Waals surface area contributed by atoms with Crippen molar-refractivity contribution in [1.82, 2.24) is 24.6 Å². The molecule has 9 nitrogen and oxygen atoms in total. The quantitative estimate of drug-likeness (QED) is 0.234. The minimum absolute atomic E-state index is 0.00492. The number of hydrogen-bond donors (Lipinski definition) is 2. The van der Waals surface area contributed by atoms with Crippen molar-refractivity contribution in [2.45, 2.75) is 50.7 Å². The lowest BCUT2D eigenvalue weighted by atomic mass is 9.81. The van der Waals surface area contributed by atoms with Crippen LogP contribution in [-0.4, -0.2) is 43.4 Å². The first kappa shape index (κ1) is 27.6. The Bertz CT molecular complexity index is 1560. The molecule has 0 atom stereocenters. The Balaban J connectivity index is 1.23. The van der Waals surface area contributed by atoms with E-state index in [9.17, 15) is 14.4 Å². The lowest BCUT2D eigenvalue weighted by molar-refractivity contribution is -0.126. The number of fused-ring (bicyclic) bond motifs is 1. The van der Waals surface area contributed by atoms with Gasteiger partial charge in [-0.3, -0.25) is 19.0 Å². The first-order valence-corrected chi connectivity index (χ1v) is 14.7. The smallest absolute Gasteiger partial charge is 0.262 e. The van der Waals surface area contributed by atoms with Gasteiger partial charge in [0.2, 0.25) is 5.91 Å². The molecule has 0 spiro atoms. The van der Waals surface area contributed by atoms with Crippen LogP contribution in [0.1, 0.15) is 41.7 Å². The molecule has 0 unspecified atom stereocenters. The highest BCUT2D eigenvalue weighted by Crippen LogP contribution is 2.31. The number of anilines is 1. The normalized spacial score (nSPS) is 17.1. The fraction of sp³-hybridized carbons (Fsp3) is 0.367. The maximum Gasteiger partial charge on any atom is 0.262 e. The first-order chi connectivity index (χ1) is 19.4. The van der Waals surface area contributed by atoms with Gasteiger partial charge in [0.25, 0.3) is 11.5 Å². The van der Waals surface area contributed by atoms with Crippen molar-refractivity contribution in [2.24, 2.45) is 11.8 Å². The predicted octanol–water partition coefficient (Wildman–Crippen LogP) is 4.08. The van der Waals surface area contributed by atoms with Gasteiger partial charge >= 0.3 is 0 Å². The molecule has 1 aliphatic carbocycles. The fourth-order valence-electron chi connectivity index (χ4n) is 5.34. The standard InChI is InChI=1S/C30H34N6O3S/c1-20-17-26(31)34-36(20)27(37)19-40-30-33-25-10-6-5-9-24(25)29(39)35(30)18-22-11-13-23(14-12-22)28(38)32-16-15-21-7-3-2-4-8-21/h2-10,17,22-23H,11-16,18-19H2,1H3,(H2,31,34)(H,32,38). The third kappa shape index (κ3) is 6.44. The topological polar surface area (TPSA) is 125 Å². The number of hydrogen-bond acceptors (Lipinski definition) is 7. The molecule has 1 amide bonds. The predicted molar refractivity (Wildman–Crippen MR) is 157 cm³/mol. The zero-order valence-electron chi connectivity index (χ0n) is 22.6. The lowest BCUT2D eigenvalue weighted by Gasteiger charge is -2.28. The van der Waals surface area contributed by atoms with Gasteiger partial charge in [-0.2, -0.15) is 0 Å². The molecule has 40 heavy (non-hydrogen) atoms. The zero-order valence-corrected chi connectivity index (χ0v) is 23.4. The maximum atomic E-state index is 13.5. The van der Waals surface area contributed by atoms with Gasteiger partial charge in [-0.05, 0) is 62.6 Å². The molecule has 1 aliphatic rings. The molecule has 4 aromatic rings. The van der Waals surface area contributed by atoms with Gasteiger partial charge in [-0.1, -0.05) is 54.2 Å². The van der Waals surface area contributed by atoms with Gasteiger partial charge in [0, 0.05) is 30.8 Å². The van der Waals surface area contributed by atoms with Crippen LogP contribution in [0.25, 0.3) is 10.9 Å². The summed E-state index contributed by atoms with van der Waals surface area (Å²) >= 11 is 1.23. The van der Waals surface area contributed by atoms with Crippen molar-refractivity contribution in [2.75, 3.05) is 18.0 Å². The van der Waals surface area contributed by atoms with Gasteiger partial charge in [-0.15, -0.1) is 5.10 Å². The third-order valence-corrected chi connectivity index (χ3v) is 8.47. The van der Waals surface area contributed by atoms with Crippen LogP contribution >= 0.6 is 11.8 Å². The number of rotatable bonds is 9. The van der Waals surface area contributed by atoms with E-state index in [1.165, 1.54) is 22.0 Å². The second kappa shape index (κ2) is 12.5. The number of nitrogens with one attached hydrogen (secondary N) is 1. The van der Waals surface area contributed by atoms with Crippen LogP contribution in [-0.2, 0) is 17.8 Å². The highest BCUT2D eigenvalue weighted by Gasteiger charge is 2.27. The molecular weight excluding hydrogens is 524 g/mol. The first-order valence-electron chi connectivity index (χ1n) is 13.7. The molecule has 1 saturated carbocycles. The van der Waals surface area contributed by atoms with E-state index in [1.54, 1.807) is 23.6 Å². The van der Waals surface area contributed by atoms with Crippen LogP contribution in [0.5, 0.6) is 0 Å². The van der Waals surface area contributed by atoms with E-state index in [0.29, 0.717) is 34.8 Å². The molecular formula is C30H34N6O3S. The summed E-state index contributed by atoms with van der Waals surface area (Å²) in [7, 11) is 0. The third-order valence-electron chi connectivity index (χ3n) is 7.51. The number of benzene rings is 2. The highest BCUT2D eigenvalue weighted by atomic mass is 32.2. The Morgan fingerprint density at radius 2 is 1.77 bits per heavy atom. The van der Waals surface area contributed by atoms with E-state index >= 15 is 0 Å². The molecule has 2 heterocycles. The van der Waals surface area contributed by atoms with Crippen molar-refractivity contribution < 1.29 is 9.59 Å². The SMILES string of the molecule is Cc1cc(N)nn1C(=O)CSc1nc2ccccc2c(=O)n1CC1CCC(C(=O)NCCc2ccccc2)CC1. The van der Waals surface area contributed by atoms with E-state index in [4.69, 9.17) is 10.7 Å². The summed E-state index contributed by atoms with van der Waals surface area (Å²) in [4.78, 5) is 43.9. The number of aryl methyl sites for hydroxylation is 1. The average Bonchev–Trinajstić information content (AvgIpc) is 3.32. The maximum absolute atomic E-state index is 13.5. The van der Waals surface area contributed by atoms with E-state index in [1.807, 2.05) is 36.4 Å². The molecule has 0 aliphatic heterocycles. The Morgan fingerprint density at radius 3 is 2.50 bits per heavy atom. The van der Waals surface area contributed by atoms with Gasteiger partial charge in [-0.25, -0.2) is 9.67 Å².